The van der Waals surface area contributed by atoms with Crippen LogP contribution in [0.5, 0.6) is 0 Å². The van der Waals surface area contributed by atoms with Crippen molar-refractivity contribution in [3.8, 4) is 12.3 Å². The van der Waals surface area contributed by atoms with Crippen LogP contribution in [-0.4, -0.2) is 25.1 Å². The molecule has 0 aliphatic rings. The first-order valence-electron chi connectivity index (χ1n) is 3.05. The lowest BCUT2D eigenvalue weighted by molar-refractivity contribution is 0.742. The van der Waals surface area contributed by atoms with E-state index < -0.39 is 0 Å². The van der Waals surface area contributed by atoms with Gasteiger partial charge in [0.1, 0.15) is 0 Å². The van der Waals surface area contributed by atoms with Gasteiger partial charge in [-0.3, -0.25) is 0 Å². The van der Waals surface area contributed by atoms with E-state index in [2.05, 4.69) is 17.5 Å². The Morgan fingerprint density at radius 2 is 2.44 bits per heavy atom. The SMILES string of the molecule is C#CCNCCCSC. The second-order valence-electron chi connectivity index (χ2n) is 1.73. The first kappa shape index (κ1) is 8.87. The maximum Gasteiger partial charge on any atom is 0.0573 e. The van der Waals surface area contributed by atoms with Crippen molar-refractivity contribution in [2.24, 2.45) is 0 Å². The molecule has 2 heteroatoms. The van der Waals surface area contributed by atoms with Crippen LogP contribution >= 0.6 is 11.8 Å². The zero-order valence-corrected chi connectivity index (χ0v) is 6.63. The van der Waals surface area contributed by atoms with Crippen LogP contribution in [0.15, 0.2) is 0 Å². The van der Waals surface area contributed by atoms with E-state index in [9.17, 15) is 0 Å². The molecule has 0 aromatic heterocycles. The lowest BCUT2D eigenvalue weighted by Gasteiger charge is -1.96. The molecular formula is C7H13NS. The topological polar surface area (TPSA) is 12.0 Å². The van der Waals surface area contributed by atoms with Crippen LogP contribution in [0.2, 0.25) is 0 Å². The molecule has 0 atom stereocenters. The average Bonchev–Trinajstić information content (AvgIpc) is 1.89. The van der Waals surface area contributed by atoms with Gasteiger partial charge in [-0.1, -0.05) is 5.92 Å². The largest absolute Gasteiger partial charge is 0.306 e. The molecule has 0 aliphatic heterocycles. The molecule has 0 fully saturated rings. The Bertz CT molecular complexity index is 85.4. The van der Waals surface area contributed by atoms with Gasteiger partial charge in [0.05, 0.1) is 6.54 Å². The van der Waals surface area contributed by atoms with Crippen molar-refractivity contribution in [3.05, 3.63) is 0 Å². The minimum atomic E-state index is 0.703. The Balaban J connectivity index is 2.69. The summed E-state index contributed by atoms with van der Waals surface area (Å²) < 4.78 is 0. The van der Waals surface area contributed by atoms with E-state index in [0.29, 0.717) is 6.54 Å². The molecule has 0 aliphatic carbocycles. The summed E-state index contributed by atoms with van der Waals surface area (Å²) in [5.41, 5.74) is 0. The van der Waals surface area contributed by atoms with Crippen LogP contribution in [0, 0.1) is 12.3 Å². The molecule has 1 nitrogen and oxygen atoms in total. The average molecular weight is 143 g/mol. The van der Waals surface area contributed by atoms with Crippen LogP contribution in [0.3, 0.4) is 0 Å². The van der Waals surface area contributed by atoms with Crippen molar-refractivity contribution < 1.29 is 0 Å². The Hall–Kier alpha value is -0.130. The second-order valence-corrected chi connectivity index (χ2v) is 2.71. The summed E-state index contributed by atoms with van der Waals surface area (Å²) in [5, 5.41) is 3.12. The van der Waals surface area contributed by atoms with Gasteiger partial charge < -0.3 is 5.32 Å². The molecular weight excluding hydrogens is 130 g/mol. The Morgan fingerprint density at radius 1 is 1.67 bits per heavy atom. The van der Waals surface area contributed by atoms with Gasteiger partial charge in [-0.15, -0.1) is 6.42 Å². The van der Waals surface area contributed by atoms with Gasteiger partial charge in [0.15, 0.2) is 0 Å². The molecule has 0 amide bonds. The second kappa shape index (κ2) is 7.87. The highest BCUT2D eigenvalue weighted by Gasteiger charge is 1.82. The van der Waals surface area contributed by atoms with Gasteiger partial charge >= 0.3 is 0 Å². The van der Waals surface area contributed by atoms with E-state index in [1.165, 1.54) is 12.2 Å². The molecule has 0 aromatic rings. The molecule has 1 N–H and O–H groups in total. The number of rotatable bonds is 5. The van der Waals surface area contributed by atoms with E-state index in [4.69, 9.17) is 6.42 Å². The van der Waals surface area contributed by atoms with Crippen molar-refractivity contribution in [2.45, 2.75) is 6.42 Å². The normalized spacial score (nSPS) is 8.89. The van der Waals surface area contributed by atoms with Crippen molar-refractivity contribution in [2.75, 3.05) is 25.1 Å². The van der Waals surface area contributed by atoms with Gasteiger partial charge in [-0.25, -0.2) is 0 Å². The van der Waals surface area contributed by atoms with Gasteiger partial charge in [0.25, 0.3) is 0 Å². The summed E-state index contributed by atoms with van der Waals surface area (Å²) >= 11 is 1.87. The molecule has 0 radical (unpaired) electrons. The molecule has 9 heavy (non-hydrogen) atoms. The minimum Gasteiger partial charge on any atom is -0.306 e. The van der Waals surface area contributed by atoms with Crippen LogP contribution in [0.1, 0.15) is 6.42 Å². The first-order chi connectivity index (χ1) is 4.41. The molecule has 52 valence electrons. The van der Waals surface area contributed by atoms with Crippen LogP contribution in [0.25, 0.3) is 0 Å². The highest BCUT2D eigenvalue weighted by atomic mass is 32.2. The van der Waals surface area contributed by atoms with Gasteiger partial charge in [0, 0.05) is 0 Å². The van der Waals surface area contributed by atoms with Gasteiger partial charge in [-0.05, 0) is 25.0 Å². The smallest absolute Gasteiger partial charge is 0.0573 e. The number of terminal acetylenes is 1. The standard InChI is InChI=1S/C7H13NS/c1-3-5-8-6-4-7-9-2/h1,8H,4-7H2,2H3. The van der Waals surface area contributed by atoms with Crippen LogP contribution < -0.4 is 5.32 Å². The number of thioether (sulfide) groups is 1. The highest BCUT2D eigenvalue weighted by molar-refractivity contribution is 7.98. The van der Waals surface area contributed by atoms with Crippen LogP contribution in [-0.2, 0) is 0 Å². The maximum absolute atomic E-state index is 5.03. The van der Waals surface area contributed by atoms with Crippen molar-refractivity contribution in [3.63, 3.8) is 0 Å². The number of hydrogen-bond donors (Lipinski definition) is 1. The third-order valence-electron chi connectivity index (χ3n) is 0.929. The van der Waals surface area contributed by atoms with E-state index in [-0.39, 0.29) is 0 Å². The zero-order valence-electron chi connectivity index (χ0n) is 5.81. The van der Waals surface area contributed by atoms with E-state index in [1.807, 2.05) is 11.8 Å². The van der Waals surface area contributed by atoms with Crippen molar-refractivity contribution in [1.29, 1.82) is 0 Å². The third-order valence-corrected chi connectivity index (χ3v) is 1.63. The summed E-state index contributed by atoms with van der Waals surface area (Å²) in [5.74, 6) is 3.75. The highest BCUT2D eigenvalue weighted by Crippen LogP contribution is 1.92. The minimum absolute atomic E-state index is 0.703. The molecule has 0 aromatic carbocycles. The Labute approximate surface area is 61.6 Å². The van der Waals surface area contributed by atoms with Crippen molar-refractivity contribution in [1.82, 2.24) is 5.32 Å². The monoisotopic (exact) mass is 143 g/mol. The van der Waals surface area contributed by atoms with E-state index in [0.717, 1.165) is 6.54 Å². The van der Waals surface area contributed by atoms with Gasteiger partial charge in [0.2, 0.25) is 0 Å². The summed E-state index contributed by atoms with van der Waals surface area (Å²) in [7, 11) is 0. The fourth-order valence-corrected chi connectivity index (χ4v) is 0.935. The summed E-state index contributed by atoms with van der Waals surface area (Å²) in [4.78, 5) is 0. The molecule has 0 bridgehead atoms. The fraction of sp³-hybridized carbons (Fsp3) is 0.714. The Morgan fingerprint density at radius 3 is 3.00 bits per heavy atom. The van der Waals surface area contributed by atoms with Crippen molar-refractivity contribution >= 4 is 11.8 Å². The summed E-state index contributed by atoms with van der Waals surface area (Å²) in [6.45, 7) is 1.75. The number of hydrogen-bond acceptors (Lipinski definition) is 2. The summed E-state index contributed by atoms with van der Waals surface area (Å²) in [6, 6.07) is 0. The molecule has 0 saturated heterocycles. The third kappa shape index (κ3) is 7.87. The predicted molar refractivity (Wildman–Crippen MR) is 44.7 cm³/mol. The maximum atomic E-state index is 5.03. The first-order valence-corrected chi connectivity index (χ1v) is 4.44. The van der Waals surface area contributed by atoms with Gasteiger partial charge in [-0.2, -0.15) is 11.8 Å². The number of nitrogens with one attached hydrogen (secondary N) is 1. The molecule has 0 rings (SSSR count). The quantitative estimate of drug-likeness (QED) is 0.454. The predicted octanol–water partition coefficient (Wildman–Crippen LogP) is 0.962. The molecule has 0 heterocycles. The van der Waals surface area contributed by atoms with Crippen LogP contribution in [0.4, 0.5) is 0 Å². The fourth-order valence-electron chi connectivity index (χ4n) is 0.502. The lowest BCUT2D eigenvalue weighted by Crippen LogP contribution is -2.15. The molecule has 0 unspecified atom stereocenters. The molecule has 0 saturated carbocycles. The van der Waals surface area contributed by atoms with E-state index in [1.54, 1.807) is 0 Å². The molecule has 0 spiro atoms. The Kier molecular flexibility index (Phi) is 7.76. The van der Waals surface area contributed by atoms with E-state index >= 15 is 0 Å². The zero-order chi connectivity index (χ0) is 6.95. The lowest BCUT2D eigenvalue weighted by atomic mass is 10.5. The summed E-state index contributed by atoms with van der Waals surface area (Å²) in [6.07, 6.45) is 8.35.